The van der Waals surface area contributed by atoms with Gasteiger partial charge in [0, 0.05) is 5.39 Å². The Morgan fingerprint density at radius 3 is 1.96 bits per heavy atom. The number of carbonyl (C=O) groups is 2. The Labute approximate surface area is 149 Å². The van der Waals surface area contributed by atoms with E-state index in [1.54, 1.807) is 24.3 Å². The van der Waals surface area contributed by atoms with Crippen LogP contribution in [0.2, 0.25) is 0 Å². The van der Waals surface area contributed by atoms with E-state index in [0.29, 0.717) is 16.7 Å². The van der Waals surface area contributed by atoms with Crippen LogP contribution >= 0.6 is 0 Å². The second-order valence-corrected chi connectivity index (χ2v) is 6.55. The molecule has 0 saturated heterocycles. The number of benzene rings is 3. The van der Waals surface area contributed by atoms with Gasteiger partial charge in [0.15, 0.2) is 0 Å². The Hall–Kier alpha value is -3.47. The number of phenols is 1. The molecule has 1 aliphatic heterocycles. The average Bonchev–Trinajstić information content (AvgIpc) is 3.08. The van der Waals surface area contributed by atoms with Crippen LogP contribution in [0.1, 0.15) is 37.4 Å². The van der Waals surface area contributed by atoms with Gasteiger partial charge >= 0.3 is 0 Å². The first-order chi connectivity index (χ1) is 12.6. The minimum Gasteiger partial charge on any atom is -0.508 e. The Morgan fingerprint density at radius 1 is 0.808 bits per heavy atom. The van der Waals surface area contributed by atoms with E-state index in [2.05, 4.69) is 5.10 Å². The summed E-state index contributed by atoms with van der Waals surface area (Å²) in [4.78, 5) is 25.8. The number of nitrogens with zero attached hydrogens (tertiary/aromatic N) is 2. The first kappa shape index (κ1) is 14.8. The molecule has 0 radical (unpaired) electrons. The van der Waals surface area contributed by atoms with Crippen LogP contribution < -0.4 is 0 Å². The third-order valence-electron chi connectivity index (χ3n) is 5.06. The van der Waals surface area contributed by atoms with Crippen LogP contribution in [0.25, 0.3) is 10.8 Å². The number of phenolic OH excluding ortho intramolecular Hbond substituents is 1. The molecule has 0 bridgehead atoms. The maximum atomic E-state index is 12.9. The van der Waals surface area contributed by atoms with E-state index < -0.39 is 11.8 Å². The van der Waals surface area contributed by atoms with Crippen LogP contribution in [0.5, 0.6) is 5.75 Å². The number of hydrogen-bond acceptors (Lipinski definition) is 4. The van der Waals surface area contributed by atoms with Crippen molar-refractivity contribution >= 4 is 28.8 Å². The van der Waals surface area contributed by atoms with Gasteiger partial charge in [-0.2, -0.15) is 10.1 Å². The SMILES string of the molecule is O=C1c2ccc3c4c(ccc(c24)C(=O)N1N=Cc1ccc(O)cc1)CC3. The van der Waals surface area contributed by atoms with E-state index in [0.717, 1.165) is 28.6 Å². The van der Waals surface area contributed by atoms with E-state index in [-0.39, 0.29) is 5.75 Å². The maximum absolute atomic E-state index is 12.9. The molecule has 0 spiro atoms. The monoisotopic (exact) mass is 342 g/mol. The summed E-state index contributed by atoms with van der Waals surface area (Å²) in [7, 11) is 0. The lowest BCUT2D eigenvalue weighted by Gasteiger charge is -2.23. The normalized spacial score (nSPS) is 15.5. The fraction of sp³-hybridized carbons (Fsp3) is 0.0952. The van der Waals surface area contributed by atoms with Crippen molar-refractivity contribution in [3.8, 4) is 5.75 Å². The minimum atomic E-state index is -0.409. The summed E-state index contributed by atoms with van der Waals surface area (Å²) in [6.07, 6.45) is 3.33. The Morgan fingerprint density at radius 2 is 1.38 bits per heavy atom. The van der Waals surface area contributed by atoms with Gasteiger partial charge in [-0.25, -0.2) is 0 Å². The third-order valence-corrected chi connectivity index (χ3v) is 5.06. The fourth-order valence-corrected chi connectivity index (χ4v) is 3.80. The number of aryl methyl sites for hydroxylation is 2. The third kappa shape index (κ3) is 2.00. The van der Waals surface area contributed by atoms with Gasteiger partial charge in [-0.3, -0.25) is 9.59 Å². The number of amides is 2. The number of aromatic hydroxyl groups is 1. The molecule has 0 saturated carbocycles. The van der Waals surface area contributed by atoms with Crippen molar-refractivity contribution in [2.45, 2.75) is 12.8 Å². The van der Waals surface area contributed by atoms with E-state index in [1.165, 1.54) is 29.5 Å². The molecule has 1 heterocycles. The van der Waals surface area contributed by atoms with Crippen LogP contribution in [0, 0.1) is 0 Å². The van der Waals surface area contributed by atoms with Crippen molar-refractivity contribution in [2.24, 2.45) is 5.10 Å². The van der Waals surface area contributed by atoms with Gasteiger partial charge in [0.05, 0.1) is 17.3 Å². The molecule has 0 unspecified atom stereocenters. The molecule has 5 heteroatoms. The predicted molar refractivity (Wildman–Crippen MR) is 97.6 cm³/mol. The van der Waals surface area contributed by atoms with Crippen molar-refractivity contribution < 1.29 is 14.7 Å². The van der Waals surface area contributed by atoms with Gasteiger partial charge in [-0.05, 0) is 71.3 Å². The summed E-state index contributed by atoms with van der Waals surface area (Å²) in [6.45, 7) is 0. The lowest BCUT2D eigenvalue weighted by atomic mass is 9.92. The zero-order valence-corrected chi connectivity index (χ0v) is 13.8. The molecule has 3 aromatic carbocycles. The molecule has 0 fully saturated rings. The molecule has 126 valence electrons. The molecule has 0 aromatic heterocycles. The lowest BCUT2D eigenvalue weighted by Crippen LogP contribution is -2.36. The minimum absolute atomic E-state index is 0.144. The van der Waals surface area contributed by atoms with Gasteiger partial charge in [-0.15, -0.1) is 0 Å². The highest BCUT2D eigenvalue weighted by Gasteiger charge is 2.34. The lowest BCUT2D eigenvalue weighted by molar-refractivity contribution is 0.0616. The van der Waals surface area contributed by atoms with Gasteiger partial charge < -0.3 is 5.11 Å². The van der Waals surface area contributed by atoms with Crippen molar-refractivity contribution in [1.29, 1.82) is 0 Å². The van der Waals surface area contributed by atoms with Gasteiger partial charge in [0.2, 0.25) is 0 Å². The second-order valence-electron chi connectivity index (χ2n) is 6.55. The van der Waals surface area contributed by atoms with E-state index in [1.807, 2.05) is 12.1 Å². The number of hydrogen-bond donors (Lipinski definition) is 1. The van der Waals surface area contributed by atoms with Crippen LogP contribution in [-0.4, -0.2) is 28.1 Å². The molecule has 3 aromatic rings. The first-order valence-electron chi connectivity index (χ1n) is 8.43. The molecule has 5 nitrogen and oxygen atoms in total. The van der Waals surface area contributed by atoms with E-state index in [9.17, 15) is 14.7 Å². The van der Waals surface area contributed by atoms with Gasteiger partial charge in [0.1, 0.15) is 5.75 Å². The van der Waals surface area contributed by atoms with Crippen molar-refractivity contribution in [1.82, 2.24) is 5.01 Å². The van der Waals surface area contributed by atoms with Gasteiger partial charge in [0.25, 0.3) is 11.8 Å². The van der Waals surface area contributed by atoms with Crippen molar-refractivity contribution in [3.05, 3.63) is 76.3 Å². The summed E-state index contributed by atoms with van der Waals surface area (Å²) < 4.78 is 0. The fourth-order valence-electron chi connectivity index (χ4n) is 3.80. The van der Waals surface area contributed by atoms with E-state index in [4.69, 9.17) is 0 Å². The summed E-state index contributed by atoms with van der Waals surface area (Å²) in [5.41, 5.74) is 4.11. The Balaban J connectivity index is 1.62. The topological polar surface area (TPSA) is 70.0 Å². The van der Waals surface area contributed by atoms with Crippen LogP contribution in [0.3, 0.4) is 0 Å². The highest BCUT2D eigenvalue weighted by Crippen LogP contribution is 2.38. The van der Waals surface area contributed by atoms with Crippen LogP contribution in [-0.2, 0) is 12.8 Å². The number of imide groups is 1. The number of hydrazone groups is 1. The zero-order valence-electron chi connectivity index (χ0n) is 13.8. The quantitative estimate of drug-likeness (QED) is 0.574. The first-order valence-corrected chi connectivity index (χ1v) is 8.43. The molecule has 1 N–H and O–H groups in total. The highest BCUT2D eigenvalue weighted by atomic mass is 16.3. The zero-order chi connectivity index (χ0) is 17.8. The van der Waals surface area contributed by atoms with Crippen molar-refractivity contribution in [2.75, 3.05) is 0 Å². The molecular weight excluding hydrogens is 328 g/mol. The molecular formula is C21H14N2O3. The van der Waals surface area contributed by atoms with Crippen LogP contribution in [0.4, 0.5) is 0 Å². The molecule has 0 atom stereocenters. The standard InChI is InChI=1S/C21H14N2O3/c24-15-7-1-12(2-8-15)11-22-23-20(25)16-9-5-13-3-4-14-6-10-17(21(23)26)19(16)18(13)14/h1-2,5-11,24H,3-4H2. The molecule has 2 aliphatic rings. The highest BCUT2D eigenvalue weighted by molar-refractivity contribution is 6.26. The molecule has 5 rings (SSSR count). The van der Waals surface area contributed by atoms with Gasteiger partial charge in [-0.1, -0.05) is 12.1 Å². The second kappa shape index (κ2) is 5.26. The summed E-state index contributed by atoms with van der Waals surface area (Å²) in [5, 5.41) is 16.2. The van der Waals surface area contributed by atoms with E-state index >= 15 is 0 Å². The molecule has 1 aliphatic carbocycles. The number of carbonyl (C=O) groups excluding carboxylic acids is 2. The Bertz CT molecular complexity index is 1070. The number of rotatable bonds is 2. The predicted octanol–water partition coefficient (Wildman–Crippen LogP) is 3.27. The average molecular weight is 342 g/mol. The summed E-state index contributed by atoms with van der Waals surface area (Å²) in [6, 6.07) is 13.9. The largest absolute Gasteiger partial charge is 0.508 e. The maximum Gasteiger partial charge on any atom is 0.282 e. The summed E-state index contributed by atoms with van der Waals surface area (Å²) in [5.74, 6) is -0.675. The Kier molecular flexibility index (Phi) is 3.00. The molecule has 2 amide bonds. The summed E-state index contributed by atoms with van der Waals surface area (Å²) >= 11 is 0. The smallest absolute Gasteiger partial charge is 0.282 e. The van der Waals surface area contributed by atoms with Crippen LogP contribution in [0.15, 0.2) is 53.6 Å². The molecule has 26 heavy (non-hydrogen) atoms. The van der Waals surface area contributed by atoms with Crippen molar-refractivity contribution in [3.63, 3.8) is 0 Å².